The number of hydrogen-bond donors (Lipinski definition) is 1. The Hall–Kier alpha value is -0.870. The number of likely N-dealkylation sites (N-methyl/N-ethyl adjacent to an activating group) is 1. The van der Waals surface area contributed by atoms with Crippen molar-refractivity contribution in [2.24, 2.45) is 0 Å². The molecule has 1 unspecified atom stereocenters. The normalized spacial score (nSPS) is 12.7. The van der Waals surface area contributed by atoms with Crippen molar-refractivity contribution in [2.75, 3.05) is 13.1 Å². The highest BCUT2D eigenvalue weighted by Crippen LogP contribution is 2.05. The van der Waals surface area contributed by atoms with Gasteiger partial charge in [-0.25, -0.2) is 0 Å². The monoisotopic (exact) mass is 199 g/mol. The SMILES string of the molecule is CC[NH+](CC(=O)[O-])Cc1cccs1. The average molecular weight is 199 g/mol. The standard InChI is InChI=1S/C9H13NO2S/c1-2-10(7-9(11)12)6-8-4-3-5-13-8/h3-5H,2,6-7H2,1H3,(H,11,12). The van der Waals surface area contributed by atoms with Crippen LogP contribution in [0, 0.1) is 0 Å². The number of carboxylic acids is 1. The van der Waals surface area contributed by atoms with E-state index in [1.807, 2.05) is 24.4 Å². The summed E-state index contributed by atoms with van der Waals surface area (Å²) in [5.41, 5.74) is 0. The molecule has 1 aromatic rings. The minimum absolute atomic E-state index is 0.0917. The zero-order valence-electron chi connectivity index (χ0n) is 7.58. The van der Waals surface area contributed by atoms with E-state index in [1.165, 1.54) is 4.88 Å². The van der Waals surface area contributed by atoms with Crippen LogP contribution in [0.3, 0.4) is 0 Å². The molecule has 0 bridgehead atoms. The lowest BCUT2D eigenvalue weighted by molar-refractivity contribution is -0.906. The molecule has 0 aliphatic rings. The van der Waals surface area contributed by atoms with Gasteiger partial charge in [-0.05, 0) is 18.4 Å². The van der Waals surface area contributed by atoms with Crippen LogP contribution in [0.25, 0.3) is 0 Å². The summed E-state index contributed by atoms with van der Waals surface area (Å²) in [6.45, 7) is 3.66. The van der Waals surface area contributed by atoms with Crippen molar-refractivity contribution in [3.8, 4) is 0 Å². The highest BCUT2D eigenvalue weighted by molar-refractivity contribution is 7.09. The smallest absolute Gasteiger partial charge is 0.118 e. The van der Waals surface area contributed by atoms with E-state index in [0.717, 1.165) is 18.0 Å². The van der Waals surface area contributed by atoms with Gasteiger partial charge in [-0.2, -0.15) is 0 Å². The Balaban J connectivity index is 2.45. The van der Waals surface area contributed by atoms with E-state index in [1.54, 1.807) is 11.3 Å². The van der Waals surface area contributed by atoms with Gasteiger partial charge in [0.2, 0.25) is 0 Å². The van der Waals surface area contributed by atoms with Gasteiger partial charge >= 0.3 is 0 Å². The number of thiophene rings is 1. The number of rotatable bonds is 5. The van der Waals surface area contributed by atoms with Crippen molar-refractivity contribution in [3.63, 3.8) is 0 Å². The number of aliphatic carboxylic acids is 1. The Bertz CT molecular complexity index is 259. The largest absolute Gasteiger partial charge is 0.544 e. The molecule has 0 amide bonds. The van der Waals surface area contributed by atoms with Crippen LogP contribution in [-0.4, -0.2) is 19.1 Å². The third-order valence-corrected chi connectivity index (χ3v) is 2.78. The molecular formula is C9H13NO2S. The van der Waals surface area contributed by atoms with E-state index in [2.05, 4.69) is 0 Å². The van der Waals surface area contributed by atoms with Gasteiger partial charge in [0.1, 0.15) is 13.1 Å². The summed E-state index contributed by atoms with van der Waals surface area (Å²) in [6, 6.07) is 4.00. The molecule has 0 fully saturated rings. The molecule has 1 rings (SSSR count). The van der Waals surface area contributed by atoms with Crippen molar-refractivity contribution in [2.45, 2.75) is 13.5 Å². The van der Waals surface area contributed by atoms with E-state index in [4.69, 9.17) is 0 Å². The lowest BCUT2D eigenvalue weighted by Gasteiger charge is -2.16. The van der Waals surface area contributed by atoms with Gasteiger partial charge in [-0.3, -0.25) is 0 Å². The molecule has 0 radical (unpaired) electrons. The molecule has 0 aliphatic carbocycles. The second kappa shape index (κ2) is 4.99. The molecule has 0 spiro atoms. The van der Waals surface area contributed by atoms with E-state index >= 15 is 0 Å². The molecule has 4 heteroatoms. The van der Waals surface area contributed by atoms with Gasteiger partial charge in [0, 0.05) is 0 Å². The van der Waals surface area contributed by atoms with Crippen molar-refractivity contribution < 1.29 is 14.8 Å². The lowest BCUT2D eigenvalue weighted by atomic mass is 10.4. The first-order valence-corrected chi connectivity index (χ1v) is 5.16. The van der Waals surface area contributed by atoms with Crippen LogP contribution in [0.2, 0.25) is 0 Å². The number of carbonyl (C=O) groups is 1. The molecule has 1 N–H and O–H groups in total. The van der Waals surface area contributed by atoms with Crippen molar-refractivity contribution in [3.05, 3.63) is 22.4 Å². The molecule has 0 saturated heterocycles. The Morgan fingerprint density at radius 1 is 1.69 bits per heavy atom. The predicted octanol–water partition coefficient (Wildman–Crippen LogP) is -1.10. The quantitative estimate of drug-likeness (QED) is 0.654. The molecule has 1 aromatic heterocycles. The second-order valence-corrected chi connectivity index (χ2v) is 3.94. The minimum atomic E-state index is -0.978. The molecule has 0 saturated carbocycles. The van der Waals surface area contributed by atoms with Gasteiger partial charge in [-0.1, -0.05) is 6.07 Å². The highest BCUT2D eigenvalue weighted by atomic mass is 32.1. The zero-order chi connectivity index (χ0) is 9.68. The van der Waals surface area contributed by atoms with E-state index in [0.29, 0.717) is 0 Å². The zero-order valence-corrected chi connectivity index (χ0v) is 8.39. The van der Waals surface area contributed by atoms with E-state index < -0.39 is 5.97 Å². The molecule has 1 atom stereocenters. The number of carboxylic acid groups (broad SMARTS) is 1. The van der Waals surface area contributed by atoms with Gasteiger partial charge in [0.15, 0.2) is 0 Å². The number of carbonyl (C=O) groups excluding carboxylic acids is 1. The van der Waals surface area contributed by atoms with Crippen LogP contribution >= 0.6 is 11.3 Å². The van der Waals surface area contributed by atoms with Crippen LogP contribution < -0.4 is 10.0 Å². The second-order valence-electron chi connectivity index (χ2n) is 2.91. The van der Waals surface area contributed by atoms with Gasteiger partial charge in [0.25, 0.3) is 0 Å². The predicted molar refractivity (Wildman–Crippen MR) is 49.4 cm³/mol. The lowest BCUT2D eigenvalue weighted by Crippen LogP contribution is -3.11. The fourth-order valence-corrected chi connectivity index (χ4v) is 1.95. The third-order valence-electron chi connectivity index (χ3n) is 1.90. The fraction of sp³-hybridized carbons (Fsp3) is 0.444. The minimum Gasteiger partial charge on any atom is -0.544 e. The molecule has 3 nitrogen and oxygen atoms in total. The van der Waals surface area contributed by atoms with E-state index in [-0.39, 0.29) is 6.54 Å². The molecule has 1 heterocycles. The maximum absolute atomic E-state index is 10.4. The van der Waals surface area contributed by atoms with Gasteiger partial charge in [0.05, 0.1) is 17.4 Å². The van der Waals surface area contributed by atoms with Crippen molar-refractivity contribution in [1.82, 2.24) is 0 Å². The average Bonchev–Trinajstić information content (AvgIpc) is 2.55. The highest BCUT2D eigenvalue weighted by Gasteiger charge is 2.07. The Morgan fingerprint density at radius 2 is 2.46 bits per heavy atom. The molecule has 0 aliphatic heterocycles. The summed E-state index contributed by atoms with van der Waals surface area (Å²) < 4.78 is 0. The number of nitrogens with one attached hydrogen (secondary N) is 1. The van der Waals surface area contributed by atoms with Crippen LogP contribution in [-0.2, 0) is 11.3 Å². The summed E-state index contributed by atoms with van der Waals surface area (Å²) >= 11 is 1.66. The maximum Gasteiger partial charge on any atom is 0.118 e. The van der Waals surface area contributed by atoms with Crippen molar-refractivity contribution >= 4 is 17.3 Å². The Kier molecular flexibility index (Phi) is 3.92. The Labute approximate surface area is 81.6 Å². The van der Waals surface area contributed by atoms with Crippen LogP contribution in [0.15, 0.2) is 17.5 Å². The Morgan fingerprint density at radius 3 is 2.92 bits per heavy atom. The van der Waals surface area contributed by atoms with Gasteiger partial charge < -0.3 is 14.8 Å². The first kappa shape index (κ1) is 10.2. The molecule has 0 aromatic carbocycles. The van der Waals surface area contributed by atoms with E-state index in [9.17, 15) is 9.90 Å². The van der Waals surface area contributed by atoms with Crippen LogP contribution in [0.4, 0.5) is 0 Å². The van der Waals surface area contributed by atoms with Crippen molar-refractivity contribution in [1.29, 1.82) is 0 Å². The third kappa shape index (κ3) is 3.57. The molecule has 72 valence electrons. The van der Waals surface area contributed by atoms with Gasteiger partial charge in [-0.15, -0.1) is 11.3 Å². The topological polar surface area (TPSA) is 44.6 Å². The summed E-state index contributed by atoms with van der Waals surface area (Å²) in [5.74, 6) is -0.978. The fourth-order valence-electron chi connectivity index (χ4n) is 1.18. The number of quaternary nitrogens is 1. The summed E-state index contributed by atoms with van der Waals surface area (Å²) in [6.07, 6.45) is 0. The summed E-state index contributed by atoms with van der Waals surface area (Å²) in [4.78, 5) is 12.6. The van der Waals surface area contributed by atoms with Crippen LogP contribution in [0.5, 0.6) is 0 Å². The maximum atomic E-state index is 10.4. The summed E-state index contributed by atoms with van der Waals surface area (Å²) in [7, 11) is 0. The molecule has 13 heavy (non-hydrogen) atoms. The molecular weight excluding hydrogens is 186 g/mol. The number of hydrogen-bond acceptors (Lipinski definition) is 3. The first-order valence-electron chi connectivity index (χ1n) is 4.28. The summed E-state index contributed by atoms with van der Waals surface area (Å²) in [5, 5.41) is 12.4. The van der Waals surface area contributed by atoms with Crippen LogP contribution in [0.1, 0.15) is 11.8 Å². The first-order chi connectivity index (χ1) is 6.22.